The minimum atomic E-state index is 0.739. The molecule has 2 heteroatoms. The molecule has 2 nitrogen and oxygen atoms in total. The minimum absolute atomic E-state index is 0.739. The van der Waals surface area contributed by atoms with Crippen LogP contribution in [0.5, 0.6) is 0 Å². The van der Waals surface area contributed by atoms with Gasteiger partial charge in [0.25, 0.3) is 0 Å². The zero-order valence-corrected chi connectivity index (χ0v) is 12.9. The Kier molecular flexibility index (Phi) is 4.42. The maximum atomic E-state index is 3.51. The molecule has 0 saturated carbocycles. The van der Waals surface area contributed by atoms with Crippen molar-refractivity contribution in [1.82, 2.24) is 10.2 Å². The topological polar surface area (TPSA) is 15.3 Å². The third kappa shape index (κ3) is 2.77. The summed E-state index contributed by atoms with van der Waals surface area (Å²) in [5, 5.41) is 3.51. The highest BCUT2D eigenvalue weighted by Crippen LogP contribution is 2.35. The van der Waals surface area contributed by atoms with Crippen LogP contribution in [0.25, 0.3) is 0 Å². The Morgan fingerprint density at radius 1 is 1.10 bits per heavy atom. The van der Waals surface area contributed by atoms with Crippen LogP contribution in [0.1, 0.15) is 50.2 Å². The van der Waals surface area contributed by atoms with Crippen LogP contribution >= 0.6 is 0 Å². The summed E-state index contributed by atoms with van der Waals surface area (Å²) in [5.74, 6) is 0. The molecule has 20 heavy (non-hydrogen) atoms. The fourth-order valence-corrected chi connectivity index (χ4v) is 4.23. The minimum Gasteiger partial charge on any atom is -0.317 e. The predicted molar refractivity (Wildman–Crippen MR) is 84.9 cm³/mol. The van der Waals surface area contributed by atoms with Crippen molar-refractivity contribution in [3.8, 4) is 0 Å². The summed E-state index contributed by atoms with van der Waals surface area (Å²) in [7, 11) is 2.13. The van der Waals surface area contributed by atoms with Gasteiger partial charge in [-0.2, -0.15) is 0 Å². The van der Waals surface area contributed by atoms with Crippen molar-refractivity contribution in [1.29, 1.82) is 0 Å². The van der Waals surface area contributed by atoms with Crippen molar-refractivity contribution < 1.29 is 0 Å². The molecule has 0 spiro atoms. The zero-order chi connectivity index (χ0) is 13.9. The number of nitrogens with one attached hydrogen (secondary N) is 1. The van der Waals surface area contributed by atoms with E-state index in [9.17, 15) is 0 Å². The first-order chi connectivity index (χ1) is 9.81. The van der Waals surface area contributed by atoms with Gasteiger partial charge in [0.1, 0.15) is 0 Å². The first kappa shape index (κ1) is 14.1. The van der Waals surface area contributed by atoms with Crippen molar-refractivity contribution >= 4 is 0 Å². The van der Waals surface area contributed by atoms with E-state index < -0.39 is 0 Å². The summed E-state index contributed by atoms with van der Waals surface area (Å²) in [4.78, 5) is 2.81. The van der Waals surface area contributed by atoms with Crippen LogP contribution in [-0.2, 0) is 13.0 Å². The molecule has 2 aliphatic heterocycles. The van der Waals surface area contributed by atoms with E-state index >= 15 is 0 Å². The van der Waals surface area contributed by atoms with Gasteiger partial charge in [-0.3, -0.25) is 4.90 Å². The second-order valence-corrected chi connectivity index (χ2v) is 6.49. The highest BCUT2D eigenvalue weighted by molar-refractivity contribution is 5.27. The number of rotatable bonds is 4. The molecule has 1 aromatic rings. The molecule has 0 aromatic heterocycles. The Labute approximate surface area is 123 Å². The number of hydrogen-bond acceptors (Lipinski definition) is 2. The molecule has 110 valence electrons. The van der Waals surface area contributed by atoms with Gasteiger partial charge in [0, 0.05) is 24.7 Å². The summed E-state index contributed by atoms with van der Waals surface area (Å²) in [6, 6.07) is 11.3. The molecular formula is C18H28N2. The number of piperidine rings is 2. The summed E-state index contributed by atoms with van der Waals surface area (Å²) < 4.78 is 0. The van der Waals surface area contributed by atoms with Gasteiger partial charge in [-0.1, -0.05) is 37.6 Å². The smallest absolute Gasteiger partial charge is 0.0242 e. The molecule has 0 amide bonds. The Morgan fingerprint density at radius 2 is 1.75 bits per heavy atom. The molecule has 1 aromatic carbocycles. The van der Waals surface area contributed by atoms with Crippen LogP contribution in [0.4, 0.5) is 0 Å². The molecule has 2 atom stereocenters. The van der Waals surface area contributed by atoms with Crippen LogP contribution in [0.15, 0.2) is 24.3 Å². The standard InChI is InChI=1S/C18H28N2/c1-3-14-7-4-5-8-15(14)13-20-17-9-6-10-18(20)12-16(11-17)19-2/h4-5,7-8,16-19H,3,6,9-13H2,1-2H3. The molecule has 2 bridgehead atoms. The number of fused-ring (bicyclic) bond motifs is 2. The predicted octanol–water partition coefficient (Wildman–Crippen LogP) is 3.35. The third-order valence-electron chi connectivity index (χ3n) is 5.39. The summed E-state index contributed by atoms with van der Waals surface area (Å²) in [6.07, 6.45) is 8.03. The van der Waals surface area contributed by atoms with E-state index in [0.717, 1.165) is 31.1 Å². The quantitative estimate of drug-likeness (QED) is 0.904. The number of hydrogen-bond donors (Lipinski definition) is 1. The van der Waals surface area contributed by atoms with E-state index in [0.29, 0.717) is 0 Å². The van der Waals surface area contributed by atoms with Gasteiger partial charge in [-0.25, -0.2) is 0 Å². The van der Waals surface area contributed by atoms with Gasteiger partial charge in [-0.05, 0) is 50.3 Å². The number of nitrogens with zero attached hydrogens (tertiary/aromatic N) is 1. The fourth-order valence-electron chi connectivity index (χ4n) is 4.23. The molecule has 2 unspecified atom stereocenters. The molecule has 2 aliphatic rings. The van der Waals surface area contributed by atoms with Crippen LogP contribution in [-0.4, -0.2) is 30.1 Å². The number of aryl methyl sites for hydroxylation is 1. The Bertz CT molecular complexity index is 429. The van der Waals surface area contributed by atoms with Crippen molar-refractivity contribution in [2.75, 3.05) is 7.05 Å². The molecule has 2 saturated heterocycles. The second-order valence-electron chi connectivity index (χ2n) is 6.49. The number of benzene rings is 1. The van der Waals surface area contributed by atoms with Gasteiger partial charge in [-0.15, -0.1) is 0 Å². The lowest BCUT2D eigenvalue weighted by Crippen LogP contribution is -2.55. The van der Waals surface area contributed by atoms with Gasteiger partial charge >= 0.3 is 0 Å². The van der Waals surface area contributed by atoms with Gasteiger partial charge in [0.05, 0.1) is 0 Å². The van der Waals surface area contributed by atoms with E-state index in [1.165, 1.54) is 37.7 Å². The fraction of sp³-hybridized carbons (Fsp3) is 0.667. The van der Waals surface area contributed by atoms with Crippen molar-refractivity contribution in [3.63, 3.8) is 0 Å². The Morgan fingerprint density at radius 3 is 2.35 bits per heavy atom. The largest absolute Gasteiger partial charge is 0.317 e. The first-order valence-electron chi connectivity index (χ1n) is 8.31. The summed E-state index contributed by atoms with van der Waals surface area (Å²) >= 11 is 0. The monoisotopic (exact) mass is 272 g/mol. The van der Waals surface area contributed by atoms with E-state index in [4.69, 9.17) is 0 Å². The van der Waals surface area contributed by atoms with E-state index in [-0.39, 0.29) is 0 Å². The lowest BCUT2D eigenvalue weighted by atomic mass is 9.81. The normalized spacial score (nSPS) is 30.4. The SMILES string of the molecule is CCc1ccccc1CN1C2CCCC1CC(NC)C2. The van der Waals surface area contributed by atoms with Crippen LogP contribution in [0.3, 0.4) is 0 Å². The highest BCUT2D eigenvalue weighted by Gasteiger charge is 2.37. The average molecular weight is 272 g/mol. The molecule has 2 fully saturated rings. The molecule has 0 aliphatic carbocycles. The lowest BCUT2D eigenvalue weighted by molar-refractivity contribution is 0.0189. The summed E-state index contributed by atoms with van der Waals surface area (Å²) in [6.45, 7) is 3.43. The lowest BCUT2D eigenvalue weighted by Gasteiger charge is -2.49. The van der Waals surface area contributed by atoms with E-state index in [2.05, 4.69) is 48.5 Å². The Hall–Kier alpha value is -0.860. The Balaban J connectivity index is 1.76. The molecule has 3 rings (SSSR count). The maximum Gasteiger partial charge on any atom is 0.0242 e. The average Bonchev–Trinajstić information content (AvgIpc) is 2.47. The highest BCUT2D eigenvalue weighted by atomic mass is 15.2. The van der Waals surface area contributed by atoms with E-state index in [1.807, 2.05) is 0 Å². The molecule has 2 heterocycles. The van der Waals surface area contributed by atoms with Gasteiger partial charge < -0.3 is 5.32 Å². The molecular weight excluding hydrogens is 244 g/mol. The van der Waals surface area contributed by atoms with Gasteiger partial charge in [0.2, 0.25) is 0 Å². The first-order valence-corrected chi connectivity index (χ1v) is 8.31. The van der Waals surface area contributed by atoms with E-state index in [1.54, 1.807) is 5.56 Å². The van der Waals surface area contributed by atoms with Crippen LogP contribution in [0.2, 0.25) is 0 Å². The van der Waals surface area contributed by atoms with Crippen molar-refractivity contribution in [2.24, 2.45) is 0 Å². The molecule has 1 N–H and O–H groups in total. The summed E-state index contributed by atoms with van der Waals surface area (Å²) in [5.41, 5.74) is 3.08. The van der Waals surface area contributed by atoms with Crippen LogP contribution < -0.4 is 5.32 Å². The van der Waals surface area contributed by atoms with Crippen molar-refractivity contribution in [3.05, 3.63) is 35.4 Å². The molecule has 0 radical (unpaired) electrons. The van der Waals surface area contributed by atoms with Gasteiger partial charge in [0.15, 0.2) is 0 Å². The second kappa shape index (κ2) is 6.28. The maximum absolute atomic E-state index is 3.51. The van der Waals surface area contributed by atoms with Crippen molar-refractivity contribution in [2.45, 2.75) is 70.1 Å². The third-order valence-corrected chi connectivity index (χ3v) is 5.39. The zero-order valence-electron chi connectivity index (χ0n) is 12.9. The van der Waals surface area contributed by atoms with Crippen LogP contribution in [0, 0.1) is 0 Å².